The molecule has 0 bridgehead atoms. The summed E-state index contributed by atoms with van der Waals surface area (Å²) in [5, 5.41) is 3.13. The first kappa shape index (κ1) is 12.1. The van der Waals surface area contributed by atoms with Crippen LogP contribution in [0.3, 0.4) is 0 Å². The summed E-state index contributed by atoms with van der Waals surface area (Å²) in [6.45, 7) is 4.30. The Morgan fingerprint density at radius 3 is 2.06 bits per heavy atom. The number of anilines is 1. The lowest BCUT2D eigenvalue weighted by atomic mass is 10.1. The van der Waals surface area contributed by atoms with Gasteiger partial charge in [0.25, 0.3) is 0 Å². The fourth-order valence-corrected chi connectivity index (χ4v) is 2.52. The molecule has 0 aromatic heterocycles. The van der Waals surface area contributed by atoms with Crippen LogP contribution in [-0.2, 0) is 0 Å². The molecule has 2 heteroatoms. The van der Waals surface area contributed by atoms with Gasteiger partial charge in [0.15, 0.2) is 0 Å². The molecule has 0 amide bonds. The predicted molar refractivity (Wildman–Crippen MR) is 76.0 cm³/mol. The lowest BCUT2D eigenvalue weighted by molar-refractivity contribution is 1.27. The van der Waals surface area contributed by atoms with Crippen LogP contribution in [0.5, 0.6) is 0 Å². The van der Waals surface area contributed by atoms with E-state index >= 15 is 0 Å². The van der Waals surface area contributed by atoms with Crippen molar-refractivity contribution in [2.24, 2.45) is 0 Å². The predicted octanol–water partition coefficient (Wildman–Crippen LogP) is 4.50. The van der Waals surface area contributed by atoms with Crippen molar-refractivity contribution in [3.63, 3.8) is 0 Å². The third-order valence-electron chi connectivity index (χ3n) is 2.86. The number of hydrogen-bond acceptors (Lipinski definition) is 2. The van der Waals surface area contributed by atoms with Crippen molar-refractivity contribution < 1.29 is 0 Å². The summed E-state index contributed by atoms with van der Waals surface area (Å²) < 4.78 is 0. The molecule has 0 aliphatic carbocycles. The molecule has 0 heterocycles. The number of aryl methyl sites for hydroxylation is 2. The van der Waals surface area contributed by atoms with Crippen molar-refractivity contribution in [2.45, 2.75) is 23.6 Å². The molecule has 0 unspecified atom stereocenters. The van der Waals surface area contributed by atoms with E-state index in [1.807, 2.05) is 7.05 Å². The highest BCUT2D eigenvalue weighted by molar-refractivity contribution is 7.99. The molecule has 2 aromatic rings. The highest BCUT2D eigenvalue weighted by Crippen LogP contribution is 2.29. The highest BCUT2D eigenvalue weighted by atomic mass is 32.2. The minimum atomic E-state index is 1.15. The first-order chi connectivity index (χ1) is 8.19. The summed E-state index contributed by atoms with van der Waals surface area (Å²) in [6.07, 6.45) is 0. The Morgan fingerprint density at radius 1 is 0.824 bits per heavy atom. The standard InChI is InChI=1S/C15H17NS/c1-11-4-7-15(10-12(11)2)17-14-8-5-13(16-3)6-9-14/h4-10,16H,1-3H3. The third-order valence-corrected chi connectivity index (χ3v) is 3.85. The average molecular weight is 243 g/mol. The van der Waals surface area contributed by atoms with E-state index < -0.39 is 0 Å². The van der Waals surface area contributed by atoms with Crippen LogP contribution in [0.25, 0.3) is 0 Å². The Morgan fingerprint density at radius 2 is 1.47 bits per heavy atom. The number of hydrogen-bond donors (Lipinski definition) is 1. The Balaban J connectivity index is 2.16. The lowest BCUT2D eigenvalue weighted by Crippen LogP contribution is -1.86. The van der Waals surface area contributed by atoms with Crippen LogP contribution in [0, 0.1) is 13.8 Å². The van der Waals surface area contributed by atoms with Crippen LogP contribution in [0.15, 0.2) is 52.3 Å². The summed E-state index contributed by atoms with van der Waals surface area (Å²) in [5.41, 5.74) is 3.84. The van der Waals surface area contributed by atoms with Gasteiger partial charge in [-0.05, 0) is 61.4 Å². The fourth-order valence-electron chi connectivity index (χ4n) is 1.60. The van der Waals surface area contributed by atoms with Gasteiger partial charge in [-0.1, -0.05) is 17.8 Å². The molecule has 2 aromatic carbocycles. The molecular formula is C15H17NS. The van der Waals surface area contributed by atoms with Gasteiger partial charge in [-0.25, -0.2) is 0 Å². The molecule has 0 saturated carbocycles. The SMILES string of the molecule is CNc1ccc(Sc2ccc(C)c(C)c2)cc1. The zero-order chi connectivity index (χ0) is 12.3. The molecule has 1 N–H and O–H groups in total. The smallest absolute Gasteiger partial charge is 0.0338 e. The Kier molecular flexibility index (Phi) is 3.75. The summed E-state index contributed by atoms with van der Waals surface area (Å²) in [4.78, 5) is 2.57. The van der Waals surface area contributed by atoms with Gasteiger partial charge in [0.05, 0.1) is 0 Å². The zero-order valence-electron chi connectivity index (χ0n) is 10.4. The second-order valence-corrected chi connectivity index (χ2v) is 5.27. The van der Waals surface area contributed by atoms with Gasteiger partial charge in [0, 0.05) is 22.5 Å². The van der Waals surface area contributed by atoms with Crippen molar-refractivity contribution in [2.75, 3.05) is 12.4 Å². The molecule has 0 spiro atoms. The molecule has 17 heavy (non-hydrogen) atoms. The van der Waals surface area contributed by atoms with Crippen LogP contribution >= 0.6 is 11.8 Å². The quantitative estimate of drug-likeness (QED) is 0.852. The molecule has 1 nitrogen and oxygen atoms in total. The van der Waals surface area contributed by atoms with Crippen molar-refractivity contribution in [1.82, 2.24) is 0 Å². The molecule has 0 aliphatic rings. The van der Waals surface area contributed by atoms with Crippen molar-refractivity contribution >= 4 is 17.4 Å². The average Bonchev–Trinajstić information content (AvgIpc) is 2.35. The van der Waals surface area contributed by atoms with Crippen LogP contribution in [0.1, 0.15) is 11.1 Å². The highest BCUT2D eigenvalue weighted by Gasteiger charge is 1.99. The van der Waals surface area contributed by atoms with Gasteiger partial charge >= 0.3 is 0 Å². The van der Waals surface area contributed by atoms with Gasteiger partial charge in [-0.2, -0.15) is 0 Å². The fraction of sp³-hybridized carbons (Fsp3) is 0.200. The van der Waals surface area contributed by atoms with Crippen LogP contribution in [-0.4, -0.2) is 7.05 Å². The van der Waals surface area contributed by atoms with Gasteiger partial charge in [-0.3, -0.25) is 0 Å². The maximum atomic E-state index is 3.13. The summed E-state index contributed by atoms with van der Waals surface area (Å²) in [5.74, 6) is 0. The Labute approximate surface area is 107 Å². The van der Waals surface area contributed by atoms with Crippen molar-refractivity contribution in [3.05, 3.63) is 53.6 Å². The maximum absolute atomic E-state index is 3.13. The number of nitrogens with one attached hydrogen (secondary N) is 1. The second-order valence-electron chi connectivity index (χ2n) is 4.12. The van der Waals surface area contributed by atoms with E-state index in [4.69, 9.17) is 0 Å². The van der Waals surface area contributed by atoms with E-state index in [2.05, 4.69) is 61.6 Å². The molecule has 0 radical (unpaired) electrons. The van der Waals surface area contributed by atoms with Gasteiger partial charge in [0.1, 0.15) is 0 Å². The van der Waals surface area contributed by atoms with Crippen LogP contribution in [0.4, 0.5) is 5.69 Å². The molecule has 0 saturated heterocycles. The third kappa shape index (κ3) is 3.04. The van der Waals surface area contributed by atoms with Crippen LogP contribution < -0.4 is 5.32 Å². The molecule has 0 aliphatic heterocycles. The monoisotopic (exact) mass is 243 g/mol. The largest absolute Gasteiger partial charge is 0.388 e. The lowest BCUT2D eigenvalue weighted by Gasteiger charge is -2.06. The van der Waals surface area contributed by atoms with Gasteiger partial charge < -0.3 is 5.32 Å². The zero-order valence-corrected chi connectivity index (χ0v) is 11.3. The summed E-state index contributed by atoms with van der Waals surface area (Å²) in [6, 6.07) is 15.1. The first-order valence-corrected chi connectivity index (χ1v) is 6.53. The second kappa shape index (κ2) is 5.28. The molecule has 2 rings (SSSR count). The number of benzene rings is 2. The van der Waals surface area contributed by atoms with Gasteiger partial charge in [-0.15, -0.1) is 0 Å². The summed E-state index contributed by atoms with van der Waals surface area (Å²) >= 11 is 1.80. The first-order valence-electron chi connectivity index (χ1n) is 5.72. The van der Waals surface area contributed by atoms with E-state index in [9.17, 15) is 0 Å². The molecule has 88 valence electrons. The van der Waals surface area contributed by atoms with E-state index in [1.165, 1.54) is 20.9 Å². The molecule has 0 fully saturated rings. The van der Waals surface area contributed by atoms with Crippen molar-refractivity contribution in [1.29, 1.82) is 0 Å². The Bertz CT molecular complexity index is 503. The van der Waals surface area contributed by atoms with E-state index in [0.717, 1.165) is 5.69 Å². The van der Waals surface area contributed by atoms with Crippen molar-refractivity contribution in [3.8, 4) is 0 Å². The maximum Gasteiger partial charge on any atom is 0.0338 e. The minimum absolute atomic E-state index is 1.15. The normalized spacial score (nSPS) is 10.3. The van der Waals surface area contributed by atoms with E-state index in [1.54, 1.807) is 11.8 Å². The minimum Gasteiger partial charge on any atom is -0.388 e. The summed E-state index contributed by atoms with van der Waals surface area (Å²) in [7, 11) is 1.94. The molecule has 0 atom stereocenters. The topological polar surface area (TPSA) is 12.0 Å². The van der Waals surface area contributed by atoms with Gasteiger partial charge in [0.2, 0.25) is 0 Å². The Hall–Kier alpha value is -1.41. The molecular weight excluding hydrogens is 226 g/mol. The number of rotatable bonds is 3. The van der Waals surface area contributed by atoms with E-state index in [-0.39, 0.29) is 0 Å². The van der Waals surface area contributed by atoms with E-state index in [0.29, 0.717) is 0 Å². The van der Waals surface area contributed by atoms with Crippen LogP contribution in [0.2, 0.25) is 0 Å².